The van der Waals surface area contributed by atoms with E-state index in [1.807, 2.05) is 51.2 Å². The Morgan fingerprint density at radius 3 is 2.39 bits per heavy atom. The predicted octanol–water partition coefficient (Wildman–Crippen LogP) is 4.50. The Balaban J connectivity index is 1.48. The average molecular weight is 514 g/mol. The Morgan fingerprint density at radius 2 is 1.74 bits per heavy atom. The number of likely N-dealkylation sites (N-methyl/N-ethyl adjacent to an activating group) is 1. The number of carbonyl (C=O) groups excluding carboxylic acids is 1. The van der Waals surface area contributed by atoms with Crippen molar-refractivity contribution in [3.05, 3.63) is 66.0 Å². The van der Waals surface area contributed by atoms with Gasteiger partial charge in [0.2, 0.25) is 0 Å². The highest BCUT2D eigenvalue weighted by atomic mass is 16.6. The lowest BCUT2D eigenvalue weighted by molar-refractivity contribution is 0.0784. The van der Waals surface area contributed by atoms with Crippen molar-refractivity contribution in [2.75, 3.05) is 43.9 Å². The lowest BCUT2D eigenvalue weighted by atomic mass is 9.96. The highest BCUT2D eigenvalue weighted by molar-refractivity contribution is 5.84. The van der Waals surface area contributed by atoms with Crippen LogP contribution in [-0.2, 0) is 4.74 Å². The van der Waals surface area contributed by atoms with Crippen molar-refractivity contribution < 1.29 is 9.53 Å². The predicted molar refractivity (Wildman–Crippen MR) is 151 cm³/mol. The first-order valence-corrected chi connectivity index (χ1v) is 13.0. The highest BCUT2D eigenvalue weighted by Crippen LogP contribution is 2.35. The van der Waals surface area contributed by atoms with Gasteiger partial charge < -0.3 is 26.0 Å². The summed E-state index contributed by atoms with van der Waals surface area (Å²) in [4.78, 5) is 21.1. The molecule has 0 spiro atoms. The molecule has 5 rings (SSSR count). The molecule has 0 aliphatic carbocycles. The minimum absolute atomic E-state index is 0.0791. The second kappa shape index (κ2) is 10.3. The molecule has 0 radical (unpaired) electrons. The maximum Gasteiger partial charge on any atom is 0.405 e. The number of hydrogen-bond donors (Lipinski definition) is 2. The molecule has 1 fully saturated rings. The van der Waals surface area contributed by atoms with Crippen LogP contribution in [0.2, 0.25) is 0 Å². The number of nitrogens with zero attached hydrogens (tertiary/aromatic N) is 5. The van der Waals surface area contributed by atoms with E-state index >= 15 is 0 Å². The van der Waals surface area contributed by atoms with Crippen molar-refractivity contribution in [1.82, 2.24) is 19.5 Å². The highest BCUT2D eigenvalue weighted by Gasteiger charge is 2.22. The van der Waals surface area contributed by atoms with Crippen LogP contribution in [0, 0.1) is 12.8 Å². The Kier molecular flexibility index (Phi) is 6.94. The standard InChI is InChI=1S/C29H35N7O2/c1-18(2)26(38-29(31)37)21-10-8-20(9-11-21)25-19(3)33-28-24(17-32-36(28)27(25)30)22-6-5-7-23(16-22)35-14-12-34(4)13-15-35/h5-11,16-18,26H,12-15,30H2,1-4H3,(H2,31,37). The summed E-state index contributed by atoms with van der Waals surface area (Å²) in [6.45, 7) is 10.1. The van der Waals surface area contributed by atoms with Crippen molar-refractivity contribution >= 4 is 23.2 Å². The van der Waals surface area contributed by atoms with Gasteiger partial charge in [-0.15, -0.1) is 0 Å². The molecular weight excluding hydrogens is 478 g/mol. The molecule has 4 N–H and O–H groups in total. The van der Waals surface area contributed by atoms with Gasteiger partial charge >= 0.3 is 6.09 Å². The van der Waals surface area contributed by atoms with Crippen molar-refractivity contribution in [3.63, 3.8) is 0 Å². The number of amides is 1. The fourth-order valence-corrected chi connectivity index (χ4v) is 5.18. The molecule has 9 heteroatoms. The molecule has 1 amide bonds. The lowest BCUT2D eigenvalue weighted by Gasteiger charge is -2.34. The van der Waals surface area contributed by atoms with Gasteiger partial charge in [0.15, 0.2) is 5.65 Å². The van der Waals surface area contributed by atoms with Crippen LogP contribution in [-0.4, -0.2) is 58.8 Å². The third kappa shape index (κ3) is 4.89. The fourth-order valence-electron chi connectivity index (χ4n) is 5.18. The Hall–Kier alpha value is -4.11. The summed E-state index contributed by atoms with van der Waals surface area (Å²) < 4.78 is 7.04. The van der Waals surface area contributed by atoms with E-state index in [0.29, 0.717) is 5.82 Å². The van der Waals surface area contributed by atoms with E-state index in [0.717, 1.165) is 65.3 Å². The van der Waals surface area contributed by atoms with Gasteiger partial charge in [-0.25, -0.2) is 9.78 Å². The maximum atomic E-state index is 11.4. The molecule has 0 saturated carbocycles. The second-order valence-corrected chi connectivity index (χ2v) is 10.3. The van der Waals surface area contributed by atoms with E-state index in [1.54, 1.807) is 4.52 Å². The van der Waals surface area contributed by atoms with E-state index in [2.05, 4.69) is 46.2 Å². The summed E-state index contributed by atoms with van der Waals surface area (Å²) in [6, 6.07) is 16.3. The fraction of sp³-hybridized carbons (Fsp3) is 0.345. The summed E-state index contributed by atoms with van der Waals surface area (Å²) in [7, 11) is 2.16. The third-order valence-electron chi connectivity index (χ3n) is 7.27. The van der Waals surface area contributed by atoms with Gasteiger partial charge in [0, 0.05) is 43.0 Å². The number of fused-ring (bicyclic) bond motifs is 1. The van der Waals surface area contributed by atoms with Crippen LogP contribution in [0.4, 0.5) is 16.3 Å². The van der Waals surface area contributed by atoms with E-state index in [9.17, 15) is 4.79 Å². The van der Waals surface area contributed by atoms with Crippen molar-refractivity contribution in [2.45, 2.75) is 26.9 Å². The smallest absolute Gasteiger partial charge is 0.405 e. The van der Waals surface area contributed by atoms with Crippen LogP contribution in [0.25, 0.3) is 27.9 Å². The first kappa shape index (κ1) is 25.5. The molecule has 4 aromatic rings. The topological polar surface area (TPSA) is 115 Å². The largest absolute Gasteiger partial charge is 0.441 e. The molecule has 2 aromatic carbocycles. The number of aryl methyl sites for hydroxylation is 1. The van der Waals surface area contributed by atoms with Crippen molar-refractivity contribution in [2.24, 2.45) is 11.7 Å². The first-order valence-electron chi connectivity index (χ1n) is 13.0. The second-order valence-electron chi connectivity index (χ2n) is 10.3. The van der Waals surface area contributed by atoms with E-state index in [-0.39, 0.29) is 5.92 Å². The monoisotopic (exact) mass is 513 g/mol. The van der Waals surface area contributed by atoms with Crippen LogP contribution in [0.1, 0.15) is 31.2 Å². The minimum Gasteiger partial charge on any atom is -0.441 e. The zero-order valence-electron chi connectivity index (χ0n) is 22.4. The van der Waals surface area contributed by atoms with Crippen LogP contribution in [0.15, 0.2) is 54.7 Å². The SMILES string of the molecule is Cc1nc2c(-c3cccc(N4CCN(C)CC4)c3)cnn2c(N)c1-c1ccc(C(OC(N)=O)C(C)C)cc1. The molecule has 2 aromatic heterocycles. The van der Waals surface area contributed by atoms with Gasteiger partial charge in [-0.1, -0.05) is 50.2 Å². The summed E-state index contributed by atoms with van der Waals surface area (Å²) in [5, 5.41) is 4.61. The quantitative estimate of drug-likeness (QED) is 0.390. The lowest BCUT2D eigenvalue weighted by Crippen LogP contribution is -2.44. The van der Waals surface area contributed by atoms with Crippen LogP contribution in [0.5, 0.6) is 0 Å². The molecule has 1 saturated heterocycles. The Bertz CT molecular complexity index is 1450. The first-order chi connectivity index (χ1) is 18.2. The number of aromatic nitrogens is 3. The number of piperazine rings is 1. The van der Waals surface area contributed by atoms with E-state index < -0.39 is 12.2 Å². The Morgan fingerprint density at radius 1 is 1.03 bits per heavy atom. The minimum atomic E-state index is -0.786. The molecule has 1 aliphatic rings. The normalized spacial score (nSPS) is 15.2. The van der Waals surface area contributed by atoms with Gasteiger partial charge in [-0.05, 0) is 48.7 Å². The van der Waals surface area contributed by atoms with Gasteiger partial charge in [-0.3, -0.25) is 0 Å². The zero-order valence-corrected chi connectivity index (χ0v) is 22.4. The van der Waals surface area contributed by atoms with E-state index in [4.69, 9.17) is 21.2 Å². The maximum absolute atomic E-state index is 11.4. The molecule has 38 heavy (non-hydrogen) atoms. The van der Waals surface area contributed by atoms with Crippen molar-refractivity contribution in [1.29, 1.82) is 0 Å². The number of rotatable bonds is 6. The van der Waals surface area contributed by atoms with Crippen LogP contribution in [0.3, 0.4) is 0 Å². The number of nitrogen functional groups attached to an aromatic ring is 1. The average Bonchev–Trinajstić information content (AvgIpc) is 3.32. The summed E-state index contributed by atoms with van der Waals surface area (Å²) in [6.07, 6.45) is 0.629. The molecule has 1 unspecified atom stereocenters. The molecule has 3 heterocycles. The molecule has 198 valence electrons. The number of nitrogens with two attached hydrogens (primary N) is 2. The number of primary amides is 1. The van der Waals surface area contributed by atoms with Gasteiger partial charge in [0.1, 0.15) is 11.9 Å². The van der Waals surface area contributed by atoms with Gasteiger partial charge in [-0.2, -0.15) is 9.61 Å². The molecule has 0 bridgehead atoms. The number of anilines is 2. The number of ether oxygens (including phenoxy) is 1. The summed E-state index contributed by atoms with van der Waals surface area (Å²) in [5.41, 5.74) is 19.3. The molecule has 1 atom stereocenters. The summed E-state index contributed by atoms with van der Waals surface area (Å²) >= 11 is 0. The Labute approximate surface area is 223 Å². The zero-order chi connectivity index (χ0) is 27.0. The number of benzene rings is 2. The molecular formula is C29H35N7O2. The van der Waals surface area contributed by atoms with Gasteiger partial charge in [0.05, 0.1) is 11.9 Å². The molecule has 1 aliphatic heterocycles. The van der Waals surface area contributed by atoms with Crippen LogP contribution >= 0.6 is 0 Å². The third-order valence-corrected chi connectivity index (χ3v) is 7.27. The van der Waals surface area contributed by atoms with Crippen molar-refractivity contribution in [3.8, 4) is 22.3 Å². The number of carbonyl (C=O) groups is 1. The summed E-state index contributed by atoms with van der Waals surface area (Å²) in [5.74, 6) is 0.603. The number of hydrogen-bond acceptors (Lipinski definition) is 7. The van der Waals surface area contributed by atoms with Gasteiger partial charge in [0.25, 0.3) is 0 Å². The van der Waals surface area contributed by atoms with Crippen LogP contribution < -0.4 is 16.4 Å². The van der Waals surface area contributed by atoms with E-state index in [1.165, 1.54) is 5.69 Å². The molecule has 9 nitrogen and oxygen atoms in total.